The van der Waals surface area contributed by atoms with Gasteiger partial charge in [0.2, 0.25) is 5.91 Å². The molecule has 21 heavy (non-hydrogen) atoms. The first-order valence-electron chi connectivity index (χ1n) is 6.45. The second-order valence-corrected chi connectivity index (χ2v) is 5.99. The fourth-order valence-corrected chi connectivity index (χ4v) is 2.78. The van der Waals surface area contributed by atoms with Gasteiger partial charge in [0, 0.05) is 16.8 Å². The molecule has 0 aliphatic carbocycles. The van der Waals surface area contributed by atoms with Crippen molar-refractivity contribution in [1.29, 1.82) is 0 Å². The molecule has 0 aromatic carbocycles. The van der Waals surface area contributed by atoms with Crippen LogP contribution in [0.4, 0.5) is 4.39 Å². The molecule has 5 nitrogen and oxygen atoms in total. The number of carbonyl (C=O) groups is 1. The molecular formula is C14H16FN3O2S. The lowest BCUT2D eigenvalue weighted by atomic mass is 10.1. The summed E-state index contributed by atoms with van der Waals surface area (Å²) >= 11 is 1.12. The summed E-state index contributed by atoms with van der Waals surface area (Å²) < 4.78 is 14.5. The summed E-state index contributed by atoms with van der Waals surface area (Å²) in [6.45, 7) is 5.35. The SMILES string of the molecule is Cc1sc(=O)n(CC(=O)N[C@@H](C)c2cncc(F)c2)c1C. The first kappa shape index (κ1) is 15.4. The standard InChI is InChI=1S/C14H16FN3O2S/c1-8(11-4-12(15)6-16-5-11)17-13(19)7-18-9(2)10(3)21-14(18)20/h4-6,8H,7H2,1-3H3,(H,17,19)/t8-/m0/s1. The maximum atomic E-state index is 13.1. The van der Waals surface area contributed by atoms with E-state index < -0.39 is 5.82 Å². The van der Waals surface area contributed by atoms with Crippen LogP contribution in [0.3, 0.4) is 0 Å². The molecule has 1 atom stereocenters. The zero-order chi connectivity index (χ0) is 15.6. The van der Waals surface area contributed by atoms with Crippen LogP contribution in [0.5, 0.6) is 0 Å². The van der Waals surface area contributed by atoms with Gasteiger partial charge in [-0.3, -0.25) is 19.1 Å². The van der Waals surface area contributed by atoms with Gasteiger partial charge in [-0.1, -0.05) is 11.3 Å². The van der Waals surface area contributed by atoms with Gasteiger partial charge in [0.05, 0.1) is 12.2 Å². The number of thiazole rings is 1. The van der Waals surface area contributed by atoms with E-state index in [1.165, 1.54) is 16.8 Å². The number of nitrogens with one attached hydrogen (secondary N) is 1. The van der Waals surface area contributed by atoms with Gasteiger partial charge in [0.15, 0.2) is 0 Å². The van der Waals surface area contributed by atoms with Gasteiger partial charge in [-0.2, -0.15) is 0 Å². The molecule has 0 saturated carbocycles. The van der Waals surface area contributed by atoms with Gasteiger partial charge < -0.3 is 5.32 Å². The van der Waals surface area contributed by atoms with Crippen LogP contribution in [-0.4, -0.2) is 15.5 Å². The van der Waals surface area contributed by atoms with E-state index in [0.29, 0.717) is 5.56 Å². The number of hydrogen-bond acceptors (Lipinski definition) is 4. The topological polar surface area (TPSA) is 64.0 Å². The van der Waals surface area contributed by atoms with Crippen LogP contribution < -0.4 is 10.2 Å². The average Bonchev–Trinajstić information content (AvgIpc) is 2.65. The number of halogens is 1. The van der Waals surface area contributed by atoms with E-state index >= 15 is 0 Å². The molecule has 1 amide bonds. The molecule has 112 valence electrons. The fraction of sp³-hybridized carbons (Fsp3) is 0.357. The van der Waals surface area contributed by atoms with Crippen LogP contribution in [0.1, 0.15) is 29.1 Å². The highest BCUT2D eigenvalue weighted by Gasteiger charge is 2.14. The van der Waals surface area contributed by atoms with E-state index in [-0.39, 0.29) is 23.4 Å². The Kier molecular flexibility index (Phi) is 4.52. The van der Waals surface area contributed by atoms with Crippen molar-refractivity contribution >= 4 is 17.2 Å². The fourth-order valence-electron chi connectivity index (χ4n) is 1.95. The Hall–Kier alpha value is -2.02. The summed E-state index contributed by atoms with van der Waals surface area (Å²) in [6, 6.07) is 0.945. The van der Waals surface area contributed by atoms with Crippen molar-refractivity contribution in [1.82, 2.24) is 14.9 Å². The predicted octanol–water partition coefficient (Wildman–Crippen LogP) is 1.94. The van der Waals surface area contributed by atoms with E-state index in [0.717, 1.165) is 28.1 Å². The van der Waals surface area contributed by atoms with Gasteiger partial charge in [-0.25, -0.2) is 4.39 Å². The van der Waals surface area contributed by atoms with Crippen molar-refractivity contribution in [2.24, 2.45) is 0 Å². The normalized spacial score (nSPS) is 12.2. The molecule has 0 spiro atoms. The summed E-state index contributed by atoms with van der Waals surface area (Å²) in [5, 5.41) is 2.73. The summed E-state index contributed by atoms with van der Waals surface area (Å²) in [4.78, 5) is 28.2. The zero-order valence-corrected chi connectivity index (χ0v) is 12.8. The highest BCUT2D eigenvalue weighted by Crippen LogP contribution is 2.13. The Morgan fingerprint density at radius 3 is 2.76 bits per heavy atom. The Balaban J connectivity index is 2.06. The number of aryl methyl sites for hydroxylation is 1. The van der Waals surface area contributed by atoms with Crippen molar-refractivity contribution in [2.75, 3.05) is 0 Å². The van der Waals surface area contributed by atoms with Gasteiger partial charge >= 0.3 is 4.87 Å². The van der Waals surface area contributed by atoms with E-state index in [1.807, 2.05) is 6.92 Å². The van der Waals surface area contributed by atoms with Crippen LogP contribution in [0.2, 0.25) is 0 Å². The number of aromatic nitrogens is 2. The molecule has 2 heterocycles. The second-order valence-electron chi connectivity index (χ2n) is 4.82. The van der Waals surface area contributed by atoms with Gasteiger partial charge in [0.25, 0.3) is 0 Å². The quantitative estimate of drug-likeness (QED) is 0.938. The lowest BCUT2D eigenvalue weighted by molar-refractivity contribution is -0.122. The molecule has 0 aliphatic rings. The minimum Gasteiger partial charge on any atom is -0.348 e. The molecule has 2 aromatic heterocycles. The summed E-state index contributed by atoms with van der Waals surface area (Å²) in [5.74, 6) is -0.746. The molecule has 0 aliphatic heterocycles. The third-order valence-corrected chi connectivity index (χ3v) is 4.28. The summed E-state index contributed by atoms with van der Waals surface area (Å²) in [5.41, 5.74) is 1.37. The van der Waals surface area contributed by atoms with E-state index in [9.17, 15) is 14.0 Å². The third-order valence-electron chi connectivity index (χ3n) is 3.28. The highest BCUT2D eigenvalue weighted by molar-refractivity contribution is 7.09. The highest BCUT2D eigenvalue weighted by atomic mass is 32.1. The van der Waals surface area contributed by atoms with Gasteiger partial charge in [0.1, 0.15) is 12.4 Å². The number of nitrogens with zero attached hydrogens (tertiary/aromatic N) is 2. The monoisotopic (exact) mass is 309 g/mol. The van der Waals surface area contributed by atoms with Crippen LogP contribution >= 0.6 is 11.3 Å². The Labute approximate surface area is 125 Å². The second kappa shape index (κ2) is 6.17. The van der Waals surface area contributed by atoms with Crippen molar-refractivity contribution in [3.8, 4) is 0 Å². The largest absolute Gasteiger partial charge is 0.348 e. The number of carbonyl (C=O) groups excluding carboxylic acids is 1. The van der Waals surface area contributed by atoms with E-state index in [2.05, 4.69) is 10.3 Å². The Morgan fingerprint density at radius 1 is 1.48 bits per heavy atom. The Bertz CT molecular complexity index is 723. The van der Waals surface area contributed by atoms with Crippen molar-refractivity contribution in [3.63, 3.8) is 0 Å². The summed E-state index contributed by atoms with van der Waals surface area (Å²) in [7, 11) is 0. The maximum absolute atomic E-state index is 13.1. The van der Waals surface area contributed by atoms with E-state index in [4.69, 9.17) is 0 Å². The van der Waals surface area contributed by atoms with Gasteiger partial charge in [-0.05, 0) is 32.4 Å². The molecule has 7 heteroatoms. The molecular weight excluding hydrogens is 293 g/mol. The molecule has 2 aromatic rings. The number of pyridine rings is 1. The first-order valence-corrected chi connectivity index (χ1v) is 7.26. The third kappa shape index (κ3) is 3.55. The molecule has 0 bridgehead atoms. The van der Waals surface area contributed by atoms with Crippen molar-refractivity contribution in [3.05, 3.63) is 50.1 Å². The van der Waals surface area contributed by atoms with Gasteiger partial charge in [-0.15, -0.1) is 0 Å². The molecule has 0 radical (unpaired) electrons. The molecule has 1 N–H and O–H groups in total. The summed E-state index contributed by atoms with van der Waals surface area (Å²) in [6.07, 6.45) is 2.61. The van der Waals surface area contributed by atoms with Crippen LogP contribution in [0, 0.1) is 19.7 Å². The maximum Gasteiger partial charge on any atom is 0.308 e. The minimum absolute atomic E-state index is 0.0396. The first-order chi connectivity index (χ1) is 9.88. The Morgan fingerprint density at radius 2 is 2.19 bits per heavy atom. The minimum atomic E-state index is -0.450. The lowest BCUT2D eigenvalue weighted by Gasteiger charge is -2.14. The zero-order valence-electron chi connectivity index (χ0n) is 12.0. The van der Waals surface area contributed by atoms with Crippen molar-refractivity contribution < 1.29 is 9.18 Å². The van der Waals surface area contributed by atoms with Crippen molar-refractivity contribution in [2.45, 2.75) is 33.4 Å². The molecule has 2 rings (SSSR count). The molecule has 0 unspecified atom stereocenters. The van der Waals surface area contributed by atoms with E-state index in [1.54, 1.807) is 13.8 Å². The smallest absolute Gasteiger partial charge is 0.308 e. The van der Waals surface area contributed by atoms with Crippen LogP contribution in [-0.2, 0) is 11.3 Å². The number of rotatable bonds is 4. The van der Waals surface area contributed by atoms with Crippen LogP contribution in [0.15, 0.2) is 23.3 Å². The number of amides is 1. The average molecular weight is 309 g/mol. The van der Waals surface area contributed by atoms with Crippen LogP contribution in [0.25, 0.3) is 0 Å². The molecule has 0 saturated heterocycles. The number of hydrogen-bond donors (Lipinski definition) is 1. The predicted molar refractivity (Wildman–Crippen MR) is 78.8 cm³/mol. The lowest BCUT2D eigenvalue weighted by Crippen LogP contribution is -2.33. The molecule has 0 fully saturated rings.